The van der Waals surface area contributed by atoms with Crippen LogP contribution in [0.25, 0.3) is 0 Å². The first-order valence-electron chi connectivity index (χ1n) is 8.75. The highest BCUT2D eigenvalue weighted by molar-refractivity contribution is 5.84. The van der Waals surface area contributed by atoms with E-state index in [-0.39, 0.29) is 30.1 Å². The molecule has 2 aliphatic rings. The van der Waals surface area contributed by atoms with Gasteiger partial charge in [-0.05, 0) is 37.0 Å². The Morgan fingerprint density at radius 3 is 2.41 bits per heavy atom. The summed E-state index contributed by atoms with van der Waals surface area (Å²) >= 11 is 0. The molecule has 0 aromatic rings. The average Bonchev–Trinajstić information content (AvgIpc) is 3.03. The molecular formula is C18H31NO3. The predicted molar refractivity (Wildman–Crippen MR) is 86.2 cm³/mol. The second-order valence-corrected chi connectivity index (χ2v) is 7.68. The number of likely N-dealkylation sites (tertiary alicyclic amines) is 1. The quantitative estimate of drug-likeness (QED) is 0.732. The zero-order valence-corrected chi connectivity index (χ0v) is 14.7. The lowest BCUT2D eigenvalue weighted by atomic mass is 9.89. The highest BCUT2D eigenvalue weighted by atomic mass is 16.5. The maximum atomic E-state index is 13.2. The van der Waals surface area contributed by atoms with Gasteiger partial charge in [0.15, 0.2) is 0 Å². The number of rotatable bonds is 5. The summed E-state index contributed by atoms with van der Waals surface area (Å²) in [6, 6.07) is 0.737. The van der Waals surface area contributed by atoms with E-state index in [1.165, 1.54) is 20.0 Å². The zero-order chi connectivity index (χ0) is 16.4. The number of ether oxygens (including phenoxy) is 1. The van der Waals surface area contributed by atoms with E-state index in [2.05, 4.69) is 18.7 Å². The minimum atomic E-state index is -0.282. The lowest BCUT2D eigenvalue weighted by molar-refractivity contribution is -0.150. The molecule has 1 aliphatic carbocycles. The van der Waals surface area contributed by atoms with E-state index in [9.17, 15) is 9.59 Å². The second kappa shape index (κ2) is 7.01. The van der Waals surface area contributed by atoms with Crippen LogP contribution in [0.1, 0.15) is 59.8 Å². The molecule has 0 bridgehead atoms. The summed E-state index contributed by atoms with van der Waals surface area (Å²) in [4.78, 5) is 27.1. The summed E-state index contributed by atoms with van der Waals surface area (Å²) in [6.07, 6.45) is 4.94. The van der Waals surface area contributed by atoms with Crippen LogP contribution in [0.2, 0.25) is 0 Å². The Labute approximate surface area is 134 Å². The Morgan fingerprint density at radius 2 is 1.86 bits per heavy atom. The van der Waals surface area contributed by atoms with Crippen molar-refractivity contribution < 1.29 is 14.3 Å². The van der Waals surface area contributed by atoms with Gasteiger partial charge >= 0.3 is 5.97 Å². The van der Waals surface area contributed by atoms with E-state index in [0.29, 0.717) is 23.9 Å². The molecule has 4 heteroatoms. The molecule has 1 heterocycles. The van der Waals surface area contributed by atoms with Crippen molar-refractivity contribution in [2.24, 2.45) is 23.7 Å². The molecule has 0 radical (unpaired) electrons. The fraction of sp³-hybridized carbons (Fsp3) is 0.889. The SMILES string of the molecule is COC(=O)C[C@H](C(=O)N1C2CCC[C@H]2C[C@H]1C(C)C)C(C)C. The summed E-state index contributed by atoms with van der Waals surface area (Å²) in [5.41, 5.74) is 0. The van der Waals surface area contributed by atoms with Crippen molar-refractivity contribution in [3.63, 3.8) is 0 Å². The summed E-state index contributed by atoms with van der Waals surface area (Å²) < 4.78 is 4.79. The molecule has 1 saturated heterocycles. The van der Waals surface area contributed by atoms with Crippen LogP contribution in [-0.4, -0.2) is 36.0 Å². The van der Waals surface area contributed by atoms with Crippen LogP contribution in [0.4, 0.5) is 0 Å². The minimum Gasteiger partial charge on any atom is -0.469 e. The van der Waals surface area contributed by atoms with Gasteiger partial charge in [-0.25, -0.2) is 0 Å². The van der Waals surface area contributed by atoms with E-state index in [4.69, 9.17) is 4.74 Å². The van der Waals surface area contributed by atoms with Gasteiger partial charge in [0.25, 0.3) is 0 Å². The first-order chi connectivity index (χ1) is 10.4. The maximum Gasteiger partial charge on any atom is 0.306 e. The first kappa shape index (κ1) is 17.3. The van der Waals surface area contributed by atoms with Crippen LogP contribution in [0.15, 0.2) is 0 Å². The lowest BCUT2D eigenvalue weighted by Crippen LogP contribution is -2.48. The molecule has 22 heavy (non-hydrogen) atoms. The van der Waals surface area contributed by atoms with Crippen molar-refractivity contribution in [1.82, 2.24) is 4.90 Å². The van der Waals surface area contributed by atoms with E-state index in [1.807, 2.05) is 13.8 Å². The monoisotopic (exact) mass is 309 g/mol. The van der Waals surface area contributed by atoms with Gasteiger partial charge in [0, 0.05) is 12.1 Å². The number of nitrogens with zero attached hydrogens (tertiary/aromatic N) is 1. The Morgan fingerprint density at radius 1 is 1.18 bits per heavy atom. The largest absolute Gasteiger partial charge is 0.469 e. The van der Waals surface area contributed by atoms with Crippen LogP contribution in [0, 0.1) is 23.7 Å². The van der Waals surface area contributed by atoms with Crippen LogP contribution in [0.5, 0.6) is 0 Å². The van der Waals surface area contributed by atoms with E-state index in [1.54, 1.807) is 0 Å². The van der Waals surface area contributed by atoms with Gasteiger partial charge in [0.05, 0.1) is 19.4 Å². The number of hydrogen-bond acceptors (Lipinski definition) is 3. The number of amides is 1. The Hall–Kier alpha value is -1.06. The summed E-state index contributed by atoms with van der Waals surface area (Å²) in [5.74, 6) is 0.930. The van der Waals surface area contributed by atoms with Crippen LogP contribution >= 0.6 is 0 Å². The van der Waals surface area contributed by atoms with Gasteiger partial charge in [-0.15, -0.1) is 0 Å². The van der Waals surface area contributed by atoms with E-state index >= 15 is 0 Å². The molecule has 1 unspecified atom stereocenters. The number of carbonyl (C=O) groups is 2. The van der Waals surface area contributed by atoms with Crippen LogP contribution < -0.4 is 0 Å². The molecule has 2 fully saturated rings. The molecule has 0 aromatic carbocycles. The summed E-state index contributed by atoms with van der Waals surface area (Å²) in [7, 11) is 1.39. The number of fused-ring (bicyclic) bond motifs is 1. The van der Waals surface area contributed by atoms with Crippen molar-refractivity contribution in [3.8, 4) is 0 Å². The molecule has 2 rings (SSSR count). The van der Waals surface area contributed by atoms with Crippen molar-refractivity contribution >= 4 is 11.9 Å². The van der Waals surface area contributed by atoms with Crippen molar-refractivity contribution in [3.05, 3.63) is 0 Å². The van der Waals surface area contributed by atoms with Crippen molar-refractivity contribution in [2.45, 2.75) is 71.9 Å². The number of esters is 1. The third kappa shape index (κ3) is 3.31. The molecule has 1 amide bonds. The van der Waals surface area contributed by atoms with Gasteiger partial charge < -0.3 is 9.64 Å². The van der Waals surface area contributed by atoms with Crippen LogP contribution in [-0.2, 0) is 14.3 Å². The van der Waals surface area contributed by atoms with Crippen molar-refractivity contribution in [1.29, 1.82) is 0 Å². The molecule has 0 aromatic heterocycles. The van der Waals surface area contributed by atoms with Gasteiger partial charge in [0.1, 0.15) is 0 Å². The van der Waals surface area contributed by atoms with Gasteiger partial charge in [0.2, 0.25) is 5.91 Å². The standard InChI is InChI=1S/C18H31NO3/c1-11(2)14(10-17(20)22-5)18(21)19-15-8-6-7-13(15)9-16(19)12(3)4/h11-16H,6-10H2,1-5H3/t13-,14-,15?,16-/m0/s1. The molecule has 4 nitrogen and oxygen atoms in total. The second-order valence-electron chi connectivity index (χ2n) is 7.68. The fourth-order valence-electron chi connectivity index (χ4n) is 4.31. The first-order valence-corrected chi connectivity index (χ1v) is 8.75. The normalized spacial score (nSPS) is 29.0. The Kier molecular flexibility index (Phi) is 5.51. The summed E-state index contributed by atoms with van der Waals surface area (Å²) in [5, 5.41) is 0. The maximum absolute atomic E-state index is 13.2. The fourth-order valence-corrected chi connectivity index (χ4v) is 4.31. The average molecular weight is 309 g/mol. The topological polar surface area (TPSA) is 46.6 Å². The van der Waals surface area contributed by atoms with Gasteiger partial charge in [-0.3, -0.25) is 9.59 Å². The molecule has 4 atom stereocenters. The molecule has 126 valence electrons. The van der Waals surface area contributed by atoms with Gasteiger partial charge in [-0.2, -0.15) is 0 Å². The smallest absolute Gasteiger partial charge is 0.306 e. The van der Waals surface area contributed by atoms with Crippen LogP contribution in [0.3, 0.4) is 0 Å². The minimum absolute atomic E-state index is 0.153. The van der Waals surface area contributed by atoms with Gasteiger partial charge in [-0.1, -0.05) is 34.1 Å². The molecule has 1 aliphatic heterocycles. The Bertz CT molecular complexity index is 419. The number of methoxy groups -OCH3 is 1. The highest BCUT2D eigenvalue weighted by Crippen LogP contribution is 2.44. The highest BCUT2D eigenvalue weighted by Gasteiger charge is 2.48. The zero-order valence-electron chi connectivity index (χ0n) is 14.7. The number of carbonyl (C=O) groups excluding carboxylic acids is 2. The third-order valence-electron chi connectivity index (χ3n) is 5.64. The third-order valence-corrected chi connectivity index (χ3v) is 5.64. The molecule has 0 spiro atoms. The Balaban J connectivity index is 2.20. The van der Waals surface area contributed by atoms with Crippen molar-refractivity contribution in [2.75, 3.05) is 7.11 Å². The molecule has 1 saturated carbocycles. The van der Waals surface area contributed by atoms with E-state index < -0.39 is 0 Å². The van der Waals surface area contributed by atoms with E-state index in [0.717, 1.165) is 12.8 Å². The molecule has 0 N–H and O–H groups in total. The number of hydrogen-bond donors (Lipinski definition) is 0. The molecular weight excluding hydrogens is 278 g/mol. The summed E-state index contributed by atoms with van der Waals surface area (Å²) in [6.45, 7) is 8.46. The predicted octanol–water partition coefficient (Wildman–Crippen LogP) is 3.25. The lowest BCUT2D eigenvalue weighted by Gasteiger charge is -2.36.